The number of benzene rings is 1. The highest BCUT2D eigenvalue weighted by Crippen LogP contribution is 2.33. The van der Waals surface area contributed by atoms with Crippen molar-refractivity contribution in [3.8, 4) is 0 Å². The summed E-state index contributed by atoms with van der Waals surface area (Å²) in [6, 6.07) is 6.65. The van der Waals surface area contributed by atoms with Crippen LogP contribution in [0.1, 0.15) is 25.8 Å². The van der Waals surface area contributed by atoms with Crippen LogP contribution in [0.5, 0.6) is 0 Å². The Bertz CT molecular complexity index is 447. The van der Waals surface area contributed by atoms with Crippen LogP contribution in [0, 0.1) is 5.92 Å². The highest BCUT2D eigenvalue weighted by atomic mass is 79.9. The van der Waals surface area contributed by atoms with E-state index in [2.05, 4.69) is 40.7 Å². The van der Waals surface area contributed by atoms with Gasteiger partial charge in [0.1, 0.15) is 4.99 Å². The smallest absolute Gasteiger partial charge is 0.106 e. The van der Waals surface area contributed by atoms with Crippen molar-refractivity contribution in [3.05, 3.63) is 28.2 Å². The Kier molecular flexibility index (Phi) is 3.73. The average molecular weight is 313 g/mol. The van der Waals surface area contributed by atoms with Gasteiger partial charge in [-0.3, -0.25) is 0 Å². The van der Waals surface area contributed by atoms with Gasteiger partial charge in [-0.05, 0) is 37.5 Å². The molecule has 0 aromatic heterocycles. The lowest BCUT2D eigenvalue weighted by atomic mass is 10.1. The zero-order valence-corrected chi connectivity index (χ0v) is 12.5. The lowest BCUT2D eigenvalue weighted by Gasteiger charge is -2.26. The molecule has 17 heavy (non-hydrogen) atoms. The summed E-state index contributed by atoms with van der Waals surface area (Å²) in [5, 5.41) is 0. The van der Waals surface area contributed by atoms with Crippen LogP contribution in [0.2, 0.25) is 0 Å². The van der Waals surface area contributed by atoms with Crippen LogP contribution in [0.15, 0.2) is 22.7 Å². The summed E-state index contributed by atoms with van der Waals surface area (Å²) in [6.07, 6.45) is 1.23. The fourth-order valence-corrected chi connectivity index (χ4v) is 3.11. The van der Waals surface area contributed by atoms with Crippen LogP contribution in [0.4, 0.5) is 5.69 Å². The quantitative estimate of drug-likeness (QED) is 0.849. The third-order valence-electron chi connectivity index (χ3n) is 3.32. The van der Waals surface area contributed by atoms with Gasteiger partial charge in [0.15, 0.2) is 0 Å². The first-order valence-corrected chi connectivity index (χ1v) is 7.05. The van der Waals surface area contributed by atoms with Gasteiger partial charge in [0.25, 0.3) is 0 Å². The highest BCUT2D eigenvalue weighted by Gasteiger charge is 2.28. The second kappa shape index (κ2) is 4.94. The molecule has 0 bridgehead atoms. The molecule has 0 amide bonds. The molecule has 2 atom stereocenters. The Balaban J connectivity index is 2.43. The average Bonchev–Trinajstić information content (AvgIpc) is 2.57. The van der Waals surface area contributed by atoms with Gasteiger partial charge in [0, 0.05) is 28.3 Å². The number of halogens is 1. The van der Waals surface area contributed by atoms with Gasteiger partial charge in [-0.15, -0.1) is 0 Å². The van der Waals surface area contributed by atoms with Crippen molar-refractivity contribution in [3.63, 3.8) is 0 Å². The number of thiocarbonyl (C=S) groups is 1. The first-order valence-electron chi connectivity index (χ1n) is 5.85. The molecular weight excluding hydrogens is 296 g/mol. The van der Waals surface area contributed by atoms with Gasteiger partial charge < -0.3 is 10.6 Å². The molecule has 2 nitrogen and oxygen atoms in total. The summed E-state index contributed by atoms with van der Waals surface area (Å²) < 4.78 is 1.07. The molecule has 0 radical (unpaired) electrons. The lowest BCUT2D eigenvalue weighted by molar-refractivity contribution is 0.625. The summed E-state index contributed by atoms with van der Waals surface area (Å²) in [6.45, 7) is 5.62. The maximum atomic E-state index is 5.80. The van der Waals surface area contributed by atoms with Crippen molar-refractivity contribution in [2.24, 2.45) is 11.7 Å². The second-order valence-electron chi connectivity index (χ2n) is 4.87. The molecular formula is C13H17BrN2S. The van der Waals surface area contributed by atoms with E-state index in [0.717, 1.165) is 28.2 Å². The molecule has 2 rings (SSSR count). The van der Waals surface area contributed by atoms with E-state index in [0.29, 0.717) is 11.0 Å². The zero-order valence-electron chi connectivity index (χ0n) is 10.1. The molecule has 1 heterocycles. The number of nitrogens with zero attached hydrogens (tertiary/aromatic N) is 1. The Hall–Kier alpha value is -0.610. The van der Waals surface area contributed by atoms with Gasteiger partial charge in [0.2, 0.25) is 0 Å². The molecule has 92 valence electrons. The largest absolute Gasteiger partial charge is 0.389 e. The third-order valence-corrected chi connectivity index (χ3v) is 4.03. The molecule has 1 aliphatic rings. The number of hydrogen-bond acceptors (Lipinski definition) is 2. The van der Waals surface area contributed by atoms with Crippen LogP contribution in [-0.4, -0.2) is 17.6 Å². The predicted octanol–water partition coefficient (Wildman–Crippen LogP) is 3.32. The minimum atomic E-state index is 0.472. The molecule has 1 aromatic carbocycles. The molecule has 2 N–H and O–H groups in total. The van der Waals surface area contributed by atoms with Crippen molar-refractivity contribution in [1.29, 1.82) is 0 Å². The first-order chi connectivity index (χ1) is 7.99. The van der Waals surface area contributed by atoms with Crippen molar-refractivity contribution in [1.82, 2.24) is 0 Å². The van der Waals surface area contributed by atoms with E-state index in [4.69, 9.17) is 18.0 Å². The van der Waals surface area contributed by atoms with Crippen molar-refractivity contribution < 1.29 is 0 Å². The summed E-state index contributed by atoms with van der Waals surface area (Å²) >= 11 is 8.65. The van der Waals surface area contributed by atoms with Crippen molar-refractivity contribution in [2.45, 2.75) is 26.3 Å². The molecule has 0 saturated carbocycles. The van der Waals surface area contributed by atoms with Crippen LogP contribution in [0.3, 0.4) is 0 Å². The molecule has 0 spiro atoms. The molecule has 2 unspecified atom stereocenters. The molecule has 1 saturated heterocycles. The minimum Gasteiger partial charge on any atom is -0.389 e. The number of hydrogen-bond donors (Lipinski definition) is 1. The predicted molar refractivity (Wildman–Crippen MR) is 80.6 cm³/mol. The number of rotatable bonds is 2. The normalized spacial score (nSPS) is 24.1. The SMILES string of the molecule is CC1CC(C)N(c2cc(Br)ccc2C(N)=S)C1. The van der Waals surface area contributed by atoms with Crippen molar-refractivity contribution >= 4 is 38.8 Å². The maximum Gasteiger partial charge on any atom is 0.106 e. The Labute approximate surface area is 116 Å². The standard InChI is InChI=1S/C13H17BrN2S/c1-8-5-9(2)16(7-8)12-6-10(14)3-4-11(12)13(15)17/h3-4,6,8-9H,5,7H2,1-2H3,(H2,15,17). The molecule has 0 aliphatic carbocycles. The van der Waals surface area contributed by atoms with E-state index in [1.165, 1.54) is 6.42 Å². The van der Waals surface area contributed by atoms with Gasteiger partial charge in [0.05, 0.1) is 0 Å². The van der Waals surface area contributed by atoms with Crippen molar-refractivity contribution in [2.75, 3.05) is 11.4 Å². The Morgan fingerprint density at radius 2 is 2.18 bits per heavy atom. The van der Waals surface area contributed by atoms with E-state index in [9.17, 15) is 0 Å². The van der Waals surface area contributed by atoms with Gasteiger partial charge in [-0.1, -0.05) is 35.1 Å². The van der Waals surface area contributed by atoms with Crippen LogP contribution < -0.4 is 10.6 Å². The zero-order chi connectivity index (χ0) is 12.6. The first kappa shape index (κ1) is 12.8. The monoisotopic (exact) mass is 312 g/mol. The number of nitrogens with two attached hydrogens (primary N) is 1. The Morgan fingerprint density at radius 3 is 2.71 bits per heavy atom. The molecule has 1 fully saturated rings. The summed E-state index contributed by atoms with van der Waals surface area (Å²) in [5.74, 6) is 0.725. The van der Waals surface area contributed by atoms with E-state index in [1.807, 2.05) is 12.1 Å². The Morgan fingerprint density at radius 1 is 1.47 bits per heavy atom. The fourth-order valence-electron chi connectivity index (χ4n) is 2.59. The van der Waals surface area contributed by atoms with Gasteiger partial charge in [-0.2, -0.15) is 0 Å². The maximum absolute atomic E-state index is 5.80. The lowest BCUT2D eigenvalue weighted by Crippen LogP contribution is -2.29. The van der Waals surface area contributed by atoms with E-state index < -0.39 is 0 Å². The van der Waals surface area contributed by atoms with E-state index in [1.54, 1.807) is 0 Å². The van der Waals surface area contributed by atoms with E-state index in [-0.39, 0.29) is 0 Å². The fraction of sp³-hybridized carbons (Fsp3) is 0.462. The van der Waals surface area contributed by atoms with Crippen LogP contribution >= 0.6 is 28.1 Å². The highest BCUT2D eigenvalue weighted by molar-refractivity contribution is 9.10. The van der Waals surface area contributed by atoms with Gasteiger partial charge in [-0.25, -0.2) is 0 Å². The summed E-state index contributed by atoms with van der Waals surface area (Å²) in [4.78, 5) is 2.88. The summed E-state index contributed by atoms with van der Waals surface area (Å²) in [7, 11) is 0. The van der Waals surface area contributed by atoms with Gasteiger partial charge >= 0.3 is 0 Å². The topological polar surface area (TPSA) is 29.3 Å². The van der Waals surface area contributed by atoms with E-state index >= 15 is 0 Å². The molecule has 4 heteroatoms. The van der Waals surface area contributed by atoms with Crippen LogP contribution in [-0.2, 0) is 0 Å². The number of anilines is 1. The minimum absolute atomic E-state index is 0.472. The molecule has 1 aromatic rings. The summed E-state index contributed by atoms with van der Waals surface area (Å²) in [5.41, 5.74) is 7.93. The third kappa shape index (κ3) is 2.63. The second-order valence-corrected chi connectivity index (χ2v) is 6.22. The van der Waals surface area contributed by atoms with Crippen LogP contribution in [0.25, 0.3) is 0 Å². The molecule has 1 aliphatic heterocycles.